The number of nitrogens with zero attached hydrogens (tertiary/aromatic N) is 2. The second-order valence-electron chi connectivity index (χ2n) is 6.07. The molecule has 106 valence electrons. The third-order valence-electron chi connectivity index (χ3n) is 4.65. The second kappa shape index (κ2) is 5.51. The molecular weight excluding hydrogens is 254 g/mol. The number of aromatic nitrogens is 1. The van der Waals surface area contributed by atoms with Gasteiger partial charge in [0.15, 0.2) is 0 Å². The molecule has 3 unspecified atom stereocenters. The van der Waals surface area contributed by atoms with Crippen LogP contribution in [0.4, 0.5) is 0 Å². The van der Waals surface area contributed by atoms with E-state index in [-0.39, 0.29) is 0 Å². The molecule has 0 bridgehead atoms. The summed E-state index contributed by atoms with van der Waals surface area (Å²) in [4.78, 5) is 8.67. The van der Waals surface area contributed by atoms with E-state index in [1.165, 1.54) is 54.4 Å². The van der Waals surface area contributed by atoms with E-state index in [2.05, 4.69) is 36.0 Å². The fourth-order valence-electron chi connectivity index (χ4n) is 3.79. The molecule has 0 saturated carbocycles. The predicted molar refractivity (Wildman–Crippen MR) is 80.8 cm³/mol. The Labute approximate surface area is 120 Å². The number of hydrogen-bond donors (Lipinski definition) is 1. The van der Waals surface area contributed by atoms with Crippen molar-refractivity contribution in [3.05, 3.63) is 15.6 Å². The zero-order chi connectivity index (χ0) is 13.4. The molecule has 0 radical (unpaired) electrons. The van der Waals surface area contributed by atoms with Gasteiger partial charge in [0.05, 0.1) is 10.7 Å². The van der Waals surface area contributed by atoms with E-state index in [4.69, 9.17) is 0 Å². The Morgan fingerprint density at radius 1 is 1.26 bits per heavy atom. The highest BCUT2D eigenvalue weighted by Gasteiger charge is 2.36. The molecule has 3 heterocycles. The van der Waals surface area contributed by atoms with E-state index in [0.717, 1.165) is 6.04 Å². The zero-order valence-electron chi connectivity index (χ0n) is 12.3. The lowest BCUT2D eigenvalue weighted by Crippen LogP contribution is -2.45. The van der Waals surface area contributed by atoms with Gasteiger partial charge in [-0.15, -0.1) is 11.3 Å². The smallest absolute Gasteiger partial charge is 0.0900 e. The van der Waals surface area contributed by atoms with E-state index in [0.29, 0.717) is 12.1 Å². The summed E-state index contributed by atoms with van der Waals surface area (Å²) in [6.07, 6.45) is 5.50. The summed E-state index contributed by atoms with van der Waals surface area (Å²) in [5.74, 6) is 0. The van der Waals surface area contributed by atoms with E-state index in [9.17, 15) is 0 Å². The summed E-state index contributed by atoms with van der Waals surface area (Å²) in [5.41, 5.74) is 1.21. The van der Waals surface area contributed by atoms with Gasteiger partial charge in [-0.2, -0.15) is 0 Å². The van der Waals surface area contributed by atoms with Crippen molar-refractivity contribution in [3.8, 4) is 0 Å². The van der Waals surface area contributed by atoms with Crippen molar-refractivity contribution in [2.24, 2.45) is 0 Å². The topological polar surface area (TPSA) is 28.2 Å². The largest absolute Gasteiger partial charge is 0.305 e. The average Bonchev–Trinajstić information content (AvgIpc) is 2.94. The van der Waals surface area contributed by atoms with Crippen molar-refractivity contribution in [2.45, 2.75) is 64.6 Å². The molecule has 0 spiro atoms. The first-order chi connectivity index (χ1) is 9.15. The van der Waals surface area contributed by atoms with Crippen molar-refractivity contribution in [3.63, 3.8) is 0 Å². The number of fused-ring (bicyclic) bond motifs is 1. The molecule has 3 rings (SSSR count). The van der Waals surface area contributed by atoms with Crippen molar-refractivity contribution >= 4 is 11.3 Å². The molecule has 4 heteroatoms. The van der Waals surface area contributed by atoms with Gasteiger partial charge in [-0.3, -0.25) is 4.90 Å². The SMILES string of the molecule is Cc1nc(C)c(C(C)NC2CCN3CCCCC23)s1. The number of rotatable bonds is 3. The molecule has 2 fully saturated rings. The van der Waals surface area contributed by atoms with Crippen LogP contribution in [-0.4, -0.2) is 35.1 Å². The summed E-state index contributed by atoms with van der Waals surface area (Å²) in [6.45, 7) is 9.14. The lowest BCUT2D eigenvalue weighted by molar-refractivity contribution is 0.177. The Hall–Kier alpha value is -0.450. The van der Waals surface area contributed by atoms with Crippen LogP contribution in [0, 0.1) is 13.8 Å². The van der Waals surface area contributed by atoms with Crippen LogP contribution in [0.25, 0.3) is 0 Å². The normalized spacial score (nSPS) is 29.4. The van der Waals surface area contributed by atoms with Crippen molar-refractivity contribution in [1.82, 2.24) is 15.2 Å². The van der Waals surface area contributed by atoms with Crippen LogP contribution in [0.15, 0.2) is 0 Å². The Bertz CT molecular complexity index is 443. The van der Waals surface area contributed by atoms with Gasteiger partial charge in [0.2, 0.25) is 0 Å². The lowest BCUT2D eigenvalue weighted by Gasteiger charge is -2.33. The van der Waals surface area contributed by atoms with Crippen LogP contribution in [0.3, 0.4) is 0 Å². The predicted octanol–water partition coefficient (Wildman–Crippen LogP) is 3.04. The van der Waals surface area contributed by atoms with Gasteiger partial charge in [-0.05, 0) is 46.6 Å². The third-order valence-corrected chi connectivity index (χ3v) is 5.91. The molecule has 3 atom stereocenters. The second-order valence-corrected chi connectivity index (χ2v) is 7.30. The van der Waals surface area contributed by atoms with Gasteiger partial charge in [0.1, 0.15) is 0 Å². The number of aryl methyl sites for hydroxylation is 2. The first-order valence-corrected chi connectivity index (χ1v) is 8.41. The molecule has 2 saturated heterocycles. The quantitative estimate of drug-likeness (QED) is 0.922. The van der Waals surface area contributed by atoms with Gasteiger partial charge < -0.3 is 5.32 Å². The van der Waals surface area contributed by atoms with Crippen molar-refractivity contribution in [2.75, 3.05) is 13.1 Å². The van der Waals surface area contributed by atoms with Crippen LogP contribution >= 0.6 is 11.3 Å². The van der Waals surface area contributed by atoms with Gasteiger partial charge in [0.25, 0.3) is 0 Å². The standard InChI is InChI=1S/C15H25N3S/c1-10-15(19-12(3)16-10)11(2)17-13-7-9-18-8-5-4-6-14(13)18/h11,13-14,17H,4-9H2,1-3H3. The summed E-state index contributed by atoms with van der Waals surface area (Å²) >= 11 is 1.85. The summed E-state index contributed by atoms with van der Waals surface area (Å²) in [7, 11) is 0. The van der Waals surface area contributed by atoms with Crippen LogP contribution in [0.5, 0.6) is 0 Å². The van der Waals surface area contributed by atoms with Crippen molar-refractivity contribution in [1.29, 1.82) is 0 Å². The van der Waals surface area contributed by atoms with Crippen LogP contribution < -0.4 is 5.32 Å². The first kappa shape index (κ1) is 13.5. The molecule has 1 N–H and O–H groups in total. The van der Waals surface area contributed by atoms with Crippen LogP contribution in [0.1, 0.15) is 54.2 Å². The monoisotopic (exact) mass is 279 g/mol. The molecule has 19 heavy (non-hydrogen) atoms. The highest BCUT2D eigenvalue weighted by Crippen LogP contribution is 2.30. The minimum atomic E-state index is 0.443. The Morgan fingerprint density at radius 3 is 2.84 bits per heavy atom. The first-order valence-electron chi connectivity index (χ1n) is 7.59. The van der Waals surface area contributed by atoms with E-state index in [1.807, 2.05) is 11.3 Å². The average molecular weight is 279 g/mol. The maximum Gasteiger partial charge on any atom is 0.0900 e. The number of nitrogens with one attached hydrogen (secondary N) is 1. The molecule has 2 aliphatic rings. The number of thiazole rings is 1. The van der Waals surface area contributed by atoms with Crippen LogP contribution in [-0.2, 0) is 0 Å². The van der Waals surface area contributed by atoms with E-state index < -0.39 is 0 Å². The lowest BCUT2D eigenvalue weighted by atomic mass is 9.98. The minimum Gasteiger partial charge on any atom is -0.305 e. The molecule has 0 amide bonds. The minimum absolute atomic E-state index is 0.443. The zero-order valence-corrected chi connectivity index (χ0v) is 13.1. The highest BCUT2D eigenvalue weighted by atomic mass is 32.1. The fourth-order valence-corrected chi connectivity index (χ4v) is 4.73. The Kier molecular flexibility index (Phi) is 3.92. The molecule has 3 nitrogen and oxygen atoms in total. The molecular formula is C15H25N3S. The summed E-state index contributed by atoms with van der Waals surface area (Å²) < 4.78 is 0. The van der Waals surface area contributed by atoms with Crippen molar-refractivity contribution < 1.29 is 0 Å². The van der Waals surface area contributed by atoms with Gasteiger partial charge >= 0.3 is 0 Å². The van der Waals surface area contributed by atoms with Crippen LogP contribution in [0.2, 0.25) is 0 Å². The highest BCUT2D eigenvalue weighted by molar-refractivity contribution is 7.11. The Morgan fingerprint density at radius 2 is 2.11 bits per heavy atom. The third kappa shape index (κ3) is 2.71. The Balaban J connectivity index is 1.66. The molecule has 1 aromatic heterocycles. The van der Waals surface area contributed by atoms with E-state index in [1.54, 1.807) is 0 Å². The summed E-state index contributed by atoms with van der Waals surface area (Å²) in [5, 5.41) is 5.06. The number of hydrogen-bond acceptors (Lipinski definition) is 4. The fraction of sp³-hybridized carbons (Fsp3) is 0.800. The number of piperidine rings is 1. The maximum absolute atomic E-state index is 4.56. The molecule has 2 aliphatic heterocycles. The van der Waals surface area contributed by atoms with E-state index >= 15 is 0 Å². The van der Waals surface area contributed by atoms with Gasteiger partial charge in [-0.25, -0.2) is 4.98 Å². The maximum atomic E-state index is 4.56. The molecule has 0 aliphatic carbocycles. The molecule has 0 aromatic carbocycles. The summed E-state index contributed by atoms with van der Waals surface area (Å²) in [6, 6.07) is 1.90. The van der Waals surface area contributed by atoms with Gasteiger partial charge in [-0.1, -0.05) is 6.42 Å². The molecule has 1 aromatic rings. The van der Waals surface area contributed by atoms with Gasteiger partial charge in [0, 0.05) is 29.5 Å².